The maximum Gasteiger partial charge on any atom is 0.407 e. The Hall–Kier alpha value is -6.06. The number of aromatic amines is 2. The molecular formula is C41H52N8O8. The number of nitrogens with one attached hydrogen (secondary N) is 5. The molecule has 2 aromatic heterocycles. The summed E-state index contributed by atoms with van der Waals surface area (Å²) in [4.78, 5) is 67.6. The van der Waals surface area contributed by atoms with Crippen LogP contribution in [0.5, 0.6) is 11.5 Å². The first-order chi connectivity index (χ1) is 27.5. The summed E-state index contributed by atoms with van der Waals surface area (Å²) in [5.41, 5.74) is 5.28. The molecule has 0 radical (unpaired) electrons. The molecule has 16 nitrogen and oxygen atoms in total. The Morgan fingerprint density at radius 2 is 1.44 bits per heavy atom. The van der Waals surface area contributed by atoms with E-state index >= 15 is 0 Å². The molecule has 6 rings (SSSR count). The number of unbranched alkanes of at least 4 members (excludes halogenated alkanes) is 1. The summed E-state index contributed by atoms with van der Waals surface area (Å²) >= 11 is 0. The molecule has 3 unspecified atom stereocenters. The lowest BCUT2D eigenvalue weighted by molar-refractivity contribution is -0.135. The lowest BCUT2D eigenvalue weighted by Crippen LogP contribution is -2.51. The lowest BCUT2D eigenvalue weighted by Gasteiger charge is -2.30. The molecule has 2 aliphatic rings. The van der Waals surface area contributed by atoms with Crippen molar-refractivity contribution >= 4 is 24.0 Å². The van der Waals surface area contributed by atoms with Crippen LogP contribution in [-0.4, -0.2) is 95.0 Å². The number of carbonyl (C=O) groups excluding carboxylic acids is 4. The number of aryl methyl sites for hydroxylation is 1. The van der Waals surface area contributed by atoms with Crippen molar-refractivity contribution in [2.45, 2.75) is 77.9 Å². The zero-order valence-electron chi connectivity index (χ0n) is 33.3. The van der Waals surface area contributed by atoms with E-state index in [2.05, 4.69) is 40.6 Å². The van der Waals surface area contributed by atoms with Gasteiger partial charge in [0.25, 0.3) is 0 Å². The number of benzene rings is 2. The van der Waals surface area contributed by atoms with Crippen LogP contribution >= 0.6 is 0 Å². The number of alkyl carbamates (subject to hydrolysis) is 2. The number of methoxy groups -OCH3 is 2. The fourth-order valence-electron chi connectivity index (χ4n) is 7.20. The van der Waals surface area contributed by atoms with Crippen LogP contribution in [0.3, 0.4) is 0 Å². The topological polar surface area (TPSA) is 202 Å². The van der Waals surface area contributed by atoms with Crippen molar-refractivity contribution in [1.82, 2.24) is 40.8 Å². The van der Waals surface area contributed by atoms with E-state index in [0.29, 0.717) is 36.8 Å². The van der Waals surface area contributed by atoms with Gasteiger partial charge in [0.1, 0.15) is 23.7 Å². The minimum absolute atomic E-state index is 0.0854. The van der Waals surface area contributed by atoms with E-state index in [4.69, 9.17) is 14.2 Å². The summed E-state index contributed by atoms with van der Waals surface area (Å²) in [5.74, 6) is 2.23. The fourth-order valence-corrected chi connectivity index (χ4v) is 7.20. The number of fused-ring (bicyclic) bond motifs is 1. The zero-order valence-corrected chi connectivity index (χ0v) is 33.3. The molecule has 4 heterocycles. The van der Waals surface area contributed by atoms with E-state index in [0.717, 1.165) is 65.1 Å². The van der Waals surface area contributed by atoms with Gasteiger partial charge in [-0.05, 0) is 60.8 Å². The third kappa shape index (κ3) is 9.33. The monoisotopic (exact) mass is 784 g/mol. The number of ether oxygens (including phenoxy) is 4. The van der Waals surface area contributed by atoms with E-state index in [1.165, 1.54) is 14.2 Å². The highest BCUT2D eigenvalue weighted by Gasteiger charge is 2.37. The van der Waals surface area contributed by atoms with Gasteiger partial charge in [0, 0.05) is 30.6 Å². The second-order valence-corrected chi connectivity index (χ2v) is 14.9. The number of imidazole rings is 2. The largest absolute Gasteiger partial charge is 0.453 e. The predicted octanol–water partition coefficient (Wildman–Crippen LogP) is 5.73. The van der Waals surface area contributed by atoms with Crippen LogP contribution < -0.4 is 25.4 Å². The summed E-state index contributed by atoms with van der Waals surface area (Å²) < 4.78 is 21.3. The number of hydrogen-bond acceptors (Lipinski definition) is 10. The van der Waals surface area contributed by atoms with Crippen LogP contribution in [0.4, 0.5) is 9.59 Å². The van der Waals surface area contributed by atoms with E-state index in [1.807, 2.05) is 64.1 Å². The Balaban J connectivity index is 1.07. The summed E-state index contributed by atoms with van der Waals surface area (Å²) in [6.45, 7) is 8.67. The number of hydrogen-bond donors (Lipinski definition) is 5. The number of carbonyl (C=O) groups is 4. The van der Waals surface area contributed by atoms with E-state index in [1.54, 1.807) is 17.3 Å². The van der Waals surface area contributed by atoms with Gasteiger partial charge in [-0.2, -0.15) is 0 Å². The number of rotatable bonds is 15. The highest BCUT2D eigenvalue weighted by atomic mass is 16.7. The molecule has 1 fully saturated rings. The standard InChI is InChI=1S/C41H52N8O8/c1-23(2)33(47-40(52)54-5)38(50)42-18-8-7-11-32-43-21-30(45-32)28-17-16-27(35-36(28)57-22-56-35)25-12-14-26(15-13-25)29-20-44-37(46-29)31-10-9-19-49(31)39(51)34(24(3)4)48-41(53)55-6/h12-17,20-21,23-24,31,33-34H,7-11,18-19,22H2,1-6H3,(H,42,50)(H,43,45)(H,44,46)(H,47,52)(H,48,53). The Morgan fingerprint density at radius 1 is 0.807 bits per heavy atom. The van der Waals surface area contributed by atoms with Gasteiger partial charge in [-0.15, -0.1) is 0 Å². The van der Waals surface area contributed by atoms with E-state index in [9.17, 15) is 19.2 Å². The van der Waals surface area contributed by atoms with E-state index in [-0.39, 0.29) is 36.5 Å². The third-order valence-corrected chi connectivity index (χ3v) is 10.3. The van der Waals surface area contributed by atoms with Crippen molar-refractivity contribution in [3.8, 4) is 45.1 Å². The van der Waals surface area contributed by atoms with Gasteiger partial charge < -0.3 is 49.8 Å². The van der Waals surface area contributed by atoms with Crippen LogP contribution in [0.25, 0.3) is 33.6 Å². The number of likely N-dealkylation sites (tertiary alicyclic amines) is 1. The van der Waals surface area contributed by atoms with Gasteiger partial charge in [-0.3, -0.25) is 9.59 Å². The smallest absolute Gasteiger partial charge is 0.407 e. The van der Waals surface area contributed by atoms with Crippen LogP contribution in [0, 0.1) is 11.8 Å². The van der Waals surface area contributed by atoms with Crippen molar-refractivity contribution in [1.29, 1.82) is 0 Å². The van der Waals surface area contributed by atoms with Crippen molar-refractivity contribution < 1.29 is 38.1 Å². The minimum Gasteiger partial charge on any atom is -0.453 e. The second-order valence-electron chi connectivity index (χ2n) is 14.9. The number of amides is 4. The van der Waals surface area contributed by atoms with Crippen molar-refractivity contribution in [2.75, 3.05) is 34.1 Å². The number of H-pyrrole nitrogens is 2. The van der Waals surface area contributed by atoms with Gasteiger partial charge in [-0.25, -0.2) is 19.6 Å². The molecular weight excluding hydrogens is 732 g/mol. The average molecular weight is 785 g/mol. The van der Waals surface area contributed by atoms with Crippen LogP contribution in [0.1, 0.15) is 71.1 Å². The molecule has 0 aliphatic carbocycles. The molecule has 16 heteroatoms. The normalized spacial score (nSPS) is 15.7. The van der Waals surface area contributed by atoms with Crippen LogP contribution in [0.15, 0.2) is 48.8 Å². The molecule has 2 aliphatic heterocycles. The Morgan fingerprint density at radius 3 is 2.12 bits per heavy atom. The molecule has 0 spiro atoms. The van der Waals surface area contributed by atoms with Crippen LogP contribution in [-0.2, 0) is 25.5 Å². The molecule has 4 amide bonds. The highest BCUT2D eigenvalue weighted by Crippen LogP contribution is 2.47. The summed E-state index contributed by atoms with van der Waals surface area (Å²) in [6, 6.07) is 10.5. The molecule has 5 N–H and O–H groups in total. The minimum atomic E-state index is -0.699. The first kappa shape index (κ1) is 40.6. The fraction of sp³-hybridized carbons (Fsp3) is 0.463. The quantitative estimate of drug-likeness (QED) is 0.0928. The van der Waals surface area contributed by atoms with Gasteiger partial charge >= 0.3 is 12.2 Å². The summed E-state index contributed by atoms with van der Waals surface area (Å²) in [7, 11) is 2.55. The third-order valence-electron chi connectivity index (χ3n) is 10.3. The van der Waals surface area contributed by atoms with Crippen molar-refractivity contribution in [2.24, 2.45) is 11.8 Å². The predicted molar refractivity (Wildman–Crippen MR) is 211 cm³/mol. The molecule has 4 aromatic rings. The number of nitrogens with zero attached hydrogens (tertiary/aromatic N) is 3. The summed E-state index contributed by atoms with van der Waals surface area (Å²) in [5, 5.41) is 8.17. The molecule has 3 atom stereocenters. The molecule has 57 heavy (non-hydrogen) atoms. The molecule has 304 valence electrons. The first-order valence-corrected chi connectivity index (χ1v) is 19.4. The average Bonchev–Trinajstić information content (AvgIpc) is 4.05. The Bertz CT molecular complexity index is 2040. The SMILES string of the molecule is COC(=O)NC(C(=O)NCCCCc1ncc(-c2ccc(-c3ccc(-c4cnc(C5CCCN5C(=O)C(NC(=O)OC)C(C)C)[nH]4)cc3)c3c2OCO3)[nH]1)C(C)C. The molecule has 0 saturated carbocycles. The maximum absolute atomic E-state index is 13.6. The highest BCUT2D eigenvalue weighted by molar-refractivity contribution is 5.87. The van der Waals surface area contributed by atoms with E-state index < -0.39 is 24.3 Å². The maximum atomic E-state index is 13.6. The van der Waals surface area contributed by atoms with Gasteiger partial charge in [0.15, 0.2) is 11.5 Å². The zero-order chi connectivity index (χ0) is 40.6. The molecule has 2 aromatic carbocycles. The second kappa shape index (κ2) is 18.3. The Labute approximate surface area is 331 Å². The Kier molecular flexibility index (Phi) is 13.0. The lowest BCUT2D eigenvalue weighted by atomic mass is 9.99. The van der Waals surface area contributed by atoms with Crippen molar-refractivity contribution in [3.05, 3.63) is 60.4 Å². The van der Waals surface area contributed by atoms with Crippen molar-refractivity contribution in [3.63, 3.8) is 0 Å². The molecule has 0 bridgehead atoms. The summed E-state index contributed by atoms with van der Waals surface area (Å²) in [6.07, 6.45) is 6.13. The molecule has 1 saturated heterocycles. The first-order valence-electron chi connectivity index (χ1n) is 19.4. The van der Waals surface area contributed by atoms with Gasteiger partial charge in [0.05, 0.1) is 44.0 Å². The van der Waals surface area contributed by atoms with Gasteiger partial charge in [-0.1, -0.05) is 52.0 Å². The number of aromatic nitrogens is 4. The van der Waals surface area contributed by atoms with Crippen LogP contribution in [0.2, 0.25) is 0 Å². The van der Waals surface area contributed by atoms with Gasteiger partial charge in [0.2, 0.25) is 18.6 Å².